The molecular formula is C24H29F3O. The van der Waals surface area contributed by atoms with Gasteiger partial charge < -0.3 is 4.74 Å². The zero-order valence-electron chi connectivity index (χ0n) is 16.7. The molecule has 4 heteroatoms. The fourth-order valence-corrected chi connectivity index (χ4v) is 4.38. The summed E-state index contributed by atoms with van der Waals surface area (Å²) >= 11 is 0. The number of methoxy groups -OCH3 is 1. The van der Waals surface area contributed by atoms with E-state index < -0.39 is 17.5 Å². The van der Waals surface area contributed by atoms with E-state index in [1.165, 1.54) is 45.6 Å². The van der Waals surface area contributed by atoms with Crippen LogP contribution in [0.1, 0.15) is 69.8 Å². The van der Waals surface area contributed by atoms with E-state index in [2.05, 4.69) is 6.92 Å². The molecule has 1 aliphatic rings. The number of halogens is 3. The van der Waals surface area contributed by atoms with Crippen molar-refractivity contribution >= 4 is 0 Å². The van der Waals surface area contributed by atoms with E-state index in [0.29, 0.717) is 22.8 Å². The molecule has 1 aliphatic carbocycles. The van der Waals surface area contributed by atoms with Gasteiger partial charge in [-0.15, -0.1) is 0 Å². The Morgan fingerprint density at radius 1 is 0.929 bits per heavy atom. The van der Waals surface area contributed by atoms with E-state index in [-0.39, 0.29) is 0 Å². The molecule has 0 unspecified atom stereocenters. The summed E-state index contributed by atoms with van der Waals surface area (Å²) in [6.07, 6.45) is 9.94. The maximum absolute atomic E-state index is 13.7. The van der Waals surface area contributed by atoms with Crippen LogP contribution in [-0.4, -0.2) is 7.11 Å². The van der Waals surface area contributed by atoms with Crippen LogP contribution in [0.15, 0.2) is 30.3 Å². The van der Waals surface area contributed by atoms with Crippen LogP contribution in [0, 0.1) is 23.4 Å². The molecule has 0 amide bonds. The van der Waals surface area contributed by atoms with Gasteiger partial charge in [-0.05, 0) is 72.9 Å². The Hall–Kier alpha value is -1.97. The molecule has 2 aromatic carbocycles. The van der Waals surface area contributed by atoms with Crippen LogP contribution >= 0.6 is 0 Å². The van der Waals surface area contributed by atoms with Crippen molar-refractivity contribution in [2.45, 2.75) is 64.2 Å². The summed E-state index contributed by atoms with van der Waals surface area (Å²) in [6.45, 7) is 2.23. The Morgan fingerprint density at radius 2 is 1.61 bits per heavy atom. The summed E-state index contributed by atoms with van der Waals surface area (Å²) in [7, 11) is 1.52. The second-order valence-electron chi connectivity index (χ2n) is 7.93. The lowest BCUT2D eigenvalue weighted by atomic mass is 9.76. The van der Waals surface area contributed by atoms with Gasteiger partial charge in [-0.2, -0.15) is 0 Å². The highest BCUT2D eigenvalue weighted by Crippen LogP contribution is 2.41. The first-order valence-electron chi connectivity index (χ1n) is 10.4. The molecule has 152 valence electrons. The van der Waals surface area contributed by atoms with Crippen LogP contribution in [0.3, 0.4) is 0 Å². The molecule has 0 saturated heterocycles. The number of ether oxygens (including phenoxy) is 1. The molecule has 0 bridgehead atoms. The number of hydrogen-bond donors (Lipinski definition) is 0. The van der Waals surface area contributed by atoms with Crippen molar-refractivity contribution in [3.63, 3.8) is 0 Å². The van der Waals surface area contributed by atoms with E-state index in [9.17, 15) is 13.2 Å². The standard InChI is InChI=1S/C24H29F3O/c1-3-4-5-6-16-7-9-17(10-8-16)18-11-12-23(28-2)20(13-18)19-14-21(25)24(27)22(26)15-19/h11-17H,3-10H2,1-2H3. The van der Waals surface area contributed by atoms with Gasteiger partial charge in [0.05, 0.1) is 7.11 Å². The van der Waals surface area contributed by atoms with Gasteiger partial charge in [0.15, 0.2) is 17.5 Å². The predicted molar refractivity (Wildman–Crippen MR) is 107 cm³/mol. The maximum Gasteiger partial charge on any atom is 0.194 e. The van der Waals surface area contributed by atoms with Crippen LogP contribution in [0.2, 0.25) is 0 Å². The number of unbranched alkanes of at least 4 members (excludes halogenated alkanes) is 2. The molecule has 0 atom stereocenters. The molecule has 1 fully saturated rings. The van der Waals surface area contributed by atoms with Gasteiger partial charge in [-0.3, -0.25) is 0 Å². The van der Waals surface area contributed by atoms with Crippen molar-refractivity contribution in [2.24, 2.45) is 5.92 Å². The molecule has 0 heterocycles. The van der Waals surface area contributed by atoms with Crippen molar-refractivity contribution in [3.8, 4) is 16.9 Å². The Balaban J connectivity index is 1.79. The van der Waals surface area contributed by atoms with Crippen LogP contribution in [0.5, 0.6) is 5.75 Å². The van der Waals surface area contributed by atoms with Gasteiger partial charge in [0, 0.05) is 5.56 Å². The lowest BCUT2D eigenvalue weighted by Crippen LogP contribution is -2.13. The molecule has 0 aromatic heterocycles. The summed E-state index contributed by atoms with van der Waals surface area (Å²) in [5, 5.41) is 0. The molecule has 3 rings (SSSR count). The van der Waals surface area contributed by atoms with E-state index in [4.69, 9.17) is 4.74 Å². The van der Waals surface area contributed by atoms with Crippen LogP contribution in [0.25, 0.3) is 11.1 Å². The SMILES string of the molecule is CCCCCC1CCC(c2ccc(OC)c(-c3cc(F)c(F)c(F)c3)c2)CC1. The van der Waals surface area contributed by atoms with E-state index in [1.807, 2.05) is 18.2 Å². The Bertz CT molecular complexity index is 771. The zero-order chi connectivity index (χ0) is 20.1. The second kappa shape index (κ2) is 9.49. The third-order valence-corrected chi connectivity index (χ3v) is 6.05. The highest BCUT2D eigenvalue weighted by Gasteiger charge is 2.23. The highest BCUT2D eigenvalue weighted by atomic mass is 19.2. The average Bonchev–Trinajstić information content (AvgIpc) is 2.72. The van der Waals surface area contributed by atoms with Crippen LogP contribution in [-0.2, 0) is 0 Å². The van der Waals surface area contributed by atoms with Gasteiger partial charge >= 0.3 is 0 Å². The lowest BCUT2D eigenvalue weighted by molar-refractivity contribution is 0.302. The first-order valence-corrected chi connectivity index (χ1v) is 10.4. The molecule has 1 saturated carbocycles. The second-order valence-corrected chi connectivity index (χ2v) is 7.93. The topological polar surface area (TPSA) is 9.23 Å². The van der Waals surface area contributed by atoms with Crippen LogP contribution in [0.4, 0.5) is 13.2 Å². The molecule has 0 N–H and O–H groups in total. The first-order chi connectivity index (χ1) is 13.5. The minimum Gasteiger partial charge on any atom is -0.496 e. The van der Waals surface area contributed by atoms with Gasteiger partial charge in [-0.25, -0.2) is 13.2 Å². The van der Waals surface area contributed by atoms with Gasteiger partial charge in [0.1, 0.15) is 5.75 Å². The maximum atomic E-state index is 13.7. The van der Waals surface area contributed by atoms with E-state index in [0.717, 1.165) is 36.5 Å². The number of benzene rings is 2. The van der Waals surface area contributed by atoms with Crippen molar-refractivity contribution in [1.82, 2.24) is 0 Å². The van der Waals surface area contributed by atoms with Crippen molar-refractivity contribution < 1.29 is 17.9 Å². The van der Waals surface area contributed by atoms with Gasteiger partial charge in [0.2, 0.25) is 0 Å². The van der Waals surface area contributed by atoms with E-state index >= 15 is 0 Å². The lowest BCUT2D eigenvalue weighted by Gasteiger charge is -2.29. The van der Waals surface area contributed by atoms with Crippen molar-refractivity contribution in [1.29, 1.82) is 0 Å². The molecule has 0 spiro atoms. The molecule has 1 nitrogen and oxygen atoms in total. The fourth-order valence-electron chi connectivity index (χ4n) is 4.38. The summed E-state index contributed by atoms with van der Waals surface area (Å²) in [5.74, 6) is -2.02. The van der Waals surface area contributed by atoms with Crippen LogP contribution < -0.4 is 4.74 Å². The fraction of sp³-hybridized carbons (Fsp3) is 0.500. The zero-order valence-corrected chi connectivity index (χ0v) is 16.7. The molecule has 0 aliphatic heterocycles. The van der Waals surface area contributed by atoms with Gasteiger partial charge in [0.25, 0.3) is 0 Å². The summed E-state index contributed by atoms with van der Waals surface area (Å²) in [4.78, 5) is 0. The minimum atomic E-state index is -1.44. The normalized spacial score (nSPS) is 19.6. The largest absolute Gasteiger partial charge is 0.496 e. The Morgan fingerprint density at radius 3 is 2.21 bits per heavy atom. The molecular weight excluding hydrogens is 361 g/mol. The average molecular weight is 390 g/mol. The Labute approximate surface area is 165 Å². The Kier molecular flexibility index (Phi) is 7.03. The monoisotopic (exact) mass is 390 g/mol. The molecule has 2 aromatic rings. The van der Waals surface area contributed by atoms with Crippen molar-refractivity contribution in [2.75, 3.05) is 7.11 Å². The molecule has 28 heavy (non-hydrogen) atoms. The summed E-state index contributed by atoms with van der Waals surface area (Å²) in [6, 6.07) is 7.90. The number of hydrogen-bond acceptors (Lipinski definition) is 1. The predicted octanol–water partition coefficient (Wildman–Crippen LogP) is 7.63. The minimum absolute atomic E-state index is 0.295. The van der Waals surface area contributed by atoms with Gasteiger partial charge in [-0.1, -0.05) is 38.7 Å². The quantitative estimate of drug-likeness (QED) is 0.349. The smallest absolute Gasteiger partial charge is 0.194 e. The van der Waals surface area contributed by atoms with Crippen molar-refractivity contribution in [3.05, 3.63) is 53.3 Å². The highest BCUT2D eigenvalue weighted by molar-refractivity contribution is 5.71. The third kappa shape index (κ3) is 4.71. The summed E-state index contributed by atoms with van der Waals surface area (Å²) in [5.41, 5.74) is 2.05. The summed E-state index contributed by atoms with van der Waals surface area (Å²) < 4.78 is 46.2. The third-order valence-electron chi connectivity index (χ3n) is 6.05. The number of rotatable bonds is 7. The molecule has 0 radical (unpaired) electrons. The van der Waals surface area contributed by atoms with E-state index in [1.54, 1.807) is 0 Å². The first kappa shape index (κ1) is 20.8.